The number of aryl methyl sites for hydroxylation is 1. The third kappa shape index (κ3) is 6.84. The molecule has 0 spiro atoms. The van der Waals surface area contributed by atoms with E-state index in [4.69, 9.17) is 9.84 Å². The molecule has 0 saturated heterocycles. The highest BCUT2D eigenvalue weighted by Gasteiger charge is 2.36. The van der Waals surface area contributed by atoms with Crippen molar-refractivity contribution in [2.45, 2.75) is 45.4 Å². The fourth-order valence-corrected chi connectivity index (χ4v) is 3.65. The molecule has 0 bridgehead atoms. The number of hydrogen-bond donors (Lipinski definition) is 3. The van der Waals surface area contributed by atoms with Crippen molar-refractivity contribution in [3.63, 3.8) is 0 Å². The Morgan fingerprint density at radius 1 is 0.971 bits per heavy atom. The van der Waals surface area contributed by atoms with Crippen molar-refractivity contribution in [3.8, 4) is 5.75 Å². The number of nitrogens with one attached hydrogen (secondary N) is 1. The van der Waals surface area contributed by atoms with E-state index in [1.54, 1.807) is 36.4 Å². The number of ether oxygens (including phenoxy) is 1. The van der Waals surface area contributed by atoms with Gasteiger partial charge < -0.3 is 25.2 Å². The second-order valence-electron chi connectivity index (χ2n) is 8.29. The Balaban J connectivity index is 1.44. The second kappa shape index (κ2) is 11.9. The van der Waals surface area contributed by atoms with Gasteiger partial charge in [-0.25, -0.2) is 0 Å². The van der Waals surface area contributed by atoms with E-state index in [1.165, 1.54) is 4.90 Å². The van der Waals surface area contributed by atoms with Crippen molar-refractivity contribution in [3.05, 3.63) is 65.4 Å². The second-order valence-corrected chi connectivity index (χ2v) is 8.29. The largest absolute Gasteiger partial charge is 0.509 e. The first-order valence-electron chi connectivity index (χ1n) is 11.4. The Bertz CT molecular complexity index is 1040. The number of aliphatic hydroxyl groups excluding tert-OH is 1. The summed E-state index contributed by atoms with van der Waals surface area (Å²) < 4.78 is 5.70. The zero-order valence-electron chi connectivity index (χ0n) is 19.3. The maximum Gasteiger partial charge on any atom is 0.303 e. The lowest BCUT2D eigenvalue weighted by atomic mass is 10.1. The molecule has 2 amide bonds. The van der Waals surface area contributed by atoms with Gasteiger partial charge in [0.05, 0.1) is 13.2 Å². The average Bonchev–Trinajstić information content (AvgIpc) is 3.10. The van der Waals surface area contributed by atoms with Gasteiger partial charge in [0, 0.05) is 17.8 Å². The lowest BCUT2D eigenvalue weighted by molar-refractivity contribution is -0.137. The molecule has 3 rings (SSSR count). The quantitative estimate of drug-likeness (QED) is 0.311. The topological polar surface area (TPSA) is 116 Å². The molecule has 8 heteroatoms. The molecule has 34 heavy (non-hydrogen) atoms. The lowest BCUT2D eigenvalue weighted by Gasteiger charge is -2.16. The van der Waals surface area contributed by atoms with Crippen LogP contribution in [0.4, 0.5) is 11.4 Å². The van der Waals surface area contributed by atoms with Gasteiger partial charge in [-0.15, -0.1) is 0 Å². The summed E-state index contributed by atoms with van der Waals surface area (Å²) >= 11 is 0. The molecule has 0 saturated carbocycles. The highest BCUT2D eigenvalue weighted by Crippen LogP contribution is 2.26. The molecule has 0 radical (unpaired) electrons. The fourth-order valence-electron chi connectivity index (χ4n) is 3.65. The van der Waals surface area contributed by atoms with Crippen LogP contribution in [0.2, 0.25) is 0 Å². The van der Waals surface area contributed by atoms with Crippen molar-refractivity contribution in [1.82, 2.24) is 0 Å². The Morgan fingerprint density at radius 3 is 2.29 bits per heavy atom. The van der Waals surface area contributed by atoms with Gasteiger partial charge in [-0.1, -0.05) is 37.0 Å². The summed E-state index contributed by atoms with van der Waals surface area (Å²) in [6, 6.07) is 14.1. The number of aliphatic carboxylic acids is 1. The first-order chi connectivity index (χ1) is 16.3. The number of carbonyl (C=O) groups excluding carboxylic acids is 2. The maximum atomic E-state index is 12.7. The number of nitrogens with zero attached hydrogens (tertiary/aromatic N) is 1. The summed E-state index contributed by atoms with van der Waals surface area (Å²) in [6.07, 6.45) is 4.64. The van der Waals surface area contributed by atoms with Gasteiger partial charge in [0.1, 0.15) is 17.1 Å². The van der Waals surface area contributed by atoms with Crippen LogP contribution in [0.3, 0.4) is 0 Å². The van der Waals surface area contributed by atoms with Crippen LogP contribution in [0.25, 0.3) is 0 Å². The predicted molar refractivity (Wildman–Crippen MR) is 129 cm³/mol. The van der Waals surface area contributed by atoms with Crippen LogP contribution in [0, 0.1) is 6.92 Å². The summed E-state index contributed by atoms with van der Waals surface area (Å²) in [5.41, 5.74) is 1.89. The first kappa shape index (κ1) is 24.8. The van der Waals surface area contributed by atoms with E-state index in [1.807, 2.05) is 19.1 Å². The molecule has 3 N–H and O–H groups in total. The van der Waals surface area contributed by atoms with Crippen molar-refractivity contribution in [2.24, 2.45) is 0 Å². The number of carbonyl (C=O) groups is 3. The normalized spacial score (nSPS) is 13.3. The summed E-state index contributed by atoms with van der Waals surface area (Å²) in [6.45, 7) is 2.44. The molecular weight excluding hydrogens is 436 g/mol. The van der Waals surface area contributed by atoms with Gasteiger partial charge in [-0.2, -0.15) is 0 Å². The molecular formula is C26H30N2O6. The standard InChI is InChI=1S/C26H30N2O6/c1-18-8-12-20(13-9-18)28-17-22(29)24(26(28)33)25(32)27-19-10-14-21(15-11-19)34-16-6-4-2-3-5-7-23(30)31/h8-15,29H,2-7,16-17H2,1H3,(H,27,32)(H,30,31). The molecule has 2 aromatic rings. The van der Waals surface area contributed by atoms with Gasteiger partial charge >= 0.3 is 5.97 Å². The highest BCUT2D eigenvalue weighted by molar-refractivity contribution is 6.29. The Labute approximate surface area is 198 Å². The zero-order valence-corrected chi connectivity index (χ0v) is 19.3. The van der Waals surface area contributed by atoms with Crippen molar-refractivity contribution in [1.29, 1.82) is 0 Å². The van der Waals surface area contributed by atoms with E-state index < -0.39 is 17.8 Å². The number of rotatable bonds is 12. The van der Waals surface area contributed by atoms with Crippen molar-refractivity contribution in [2.75, 3.05) is 23.4 Å². The molecule has 1 aliphatic rings. The van der Waals surface area contributed by atoms with Crippen LogP contribution < -0.4 is 15.0 Å². The van der Waals surface area contributed by atoms with Crippen molar-refractivity contribution >= 4 is 29.2 Å². The van der Waals surface area contributed by atoms with E-state index >= 15 is 0 Å². The molecule has 0 aromatic heterocycles. The average molecular weight is 467 g/mol. The van der Waals surface area contributed by atoms with E-state index in [-0.39, 0.29) is 24.3 Å². The maximum absolute atomic E-state index is 12.7. The summed E-state index contributed by atoms with van der Waals surface area (Å²) in [5, 5.41) is 21.5. The summed E-state index contributed by atoms with van der Waals surface area (Å²) in [7, 11) is 0. The molecule has 2 aromatic carbocycles. The third-order valence-corrected chi connectivity index (χ3v) is 5.54. The van der Waals surface area contributed by atoms with Crippen LogP contribution in [0.1, 0.15) is 44.1 Å². The number of amides is 2. The van der Waals surface area contributed by atoms with Crippen LogP contribution in [0.15, 0.2) is 59.9 Å². The molecule has 0 fully saturated rings. The Kier molecular flexibility index (Phi) is 8.67. The van der Waals surface area contributed by atoms with Crippen LogP contribution in [0.5, 0.6) is 5.75 Å². The third-order valence-electron chi connectivity index (χ3n) is 5.54. The number of carboxylic acids is 1. The predicted octanol–water partition coefficient (Wildman–Crippen LogP) is 4.60. The molecule has 1 aliphatic heterocycles. The number of carboxylic acid groups (broad SMARTS) is 1. The summed E-state index contributed by atoms with van der Waals surface area (Å²) in [5.74, 6) is -1.55. The van der Waals surface area contributed by atoms with Gasteiger partial charge in [-0.3, -0.25) is 14.4 Å². The minimum absolute atomic E-state index is 0.0447. The SMILES string of the molecule is Cc1ccc(N2CC(O)=C(C(=O)Nc3ccc(OCCCCCCCC(=O)O)cc3)C2=O)cc1. The first-order valence-corrected chi connectivity index (χ1v) is 11.4. The van der Waals surface area contributed by atoms with Gasteiger partial charge in [-0.05, 0) is 56.2 Å². The van der Waals surface area contributed by atoms with Crippen LogP contribution in [-0.2, 0) is 14.4 Å². The van der Waals surface area contributed by atoms with Crippen LogP contribution >= 0.6 is 0 Å². The van der Waals surface area contributed by atoms with Gasteiger partial charge in [0.25, 0.3) is 11.8 Å². The minimum atomic E-state index is -0.754. The zero-order chi connectivity index (χ0) is 24.5. The molecule has 8 nitrogen and oxygen atoms in total. The van der Waals surface area contributed by atoms with E-state index in [2.05, 4.69) is 5.32 Å². The smallest absolute Gasteiger partial charge is 0.303 e. The molecule has 0 unspecified atom stereocenters. The molecule has 0 atom stereocenters. The number of aliphatic hydroxyl groups is 1. The molecule has 180 valence electrons. The summed E-state index contributed by atoms with van der Waals surface area (Å²) in [4.78, 5) is 37.3. The van der Waals surface area contributed by atoms with E-state index in [0.29, 0.717) is 30.2 Å². The fraction of sp³-hybridized carbons (Fsp3) is 0.346. The molecule has 1 heterocycles. The van der Waals surface area contributed by atoms with E-state index in [0.717, 1.165) is 31.2 Å². The van der Waals surface area contributed by atoms with Gasteiger partial charge in [0.15, 0.2) is 0 Å². The lowest BCUT2D eigenvalue weighted by Crippen LogP contribution is -2.30. The van der Waals surface area contributed by atoms with Gasteiger partial charge in [0.2, 0.25) is 0 Å². The van der Waals surface area contributed by atoms with Crippen LogP contribution in [-0.4, -0.2) is 41.1 Å². The van der Waals surface area contributed by atoms with Crippen molar-refractivity contribution < 1.29 is 29.3 Å². The Hall–Kier alpha value is -3.81. The van der Waals surface area contributed by atoms with E-state index in [9.17, 15) is 19.5 Å². The number of benzene rings is 2. The monoisotopic (exact) mass is 466 g/mol. The number of hydrogen-bond acceptors (Lipinski definition) is 5. The molecule has 0 aliphatic carbocycles. The number of unbranched alkanes of at least 4 members (excludes halogenated alkanes) is 4. The highest BCUT2D eigenvalue weighted by atomic mass is 16.5. The number of anilines is 2. The minimum Gasteiger partial charge on any atom is -0.509 e. The Morgan fingerprint density at radius 2 is 1.62 bits per heavy atom.